The summed E-state index contributed by atoms with van der Waals surface area (Å²) in [6.07, 6.45) is 6.74. The molecule has 9 nitrogen and oxygen atoms in total. The van der Waals surface area contributed by atoms with Crippen LogP contribution in [-0.2, 0) is 4.74 Å². The smallest absolute Gasteiger partial charge is 0.345 e. The molecule has 0 aliphatic rings. The number of benzene rings is 2. The van der Waals surface area contributed by atoms with Gasteiger partial charge in [0.25, 0.3) is 11.6 Å². The maximum absolute atomic E-state index is 12.5. The fraction of sp³-hybridized carbons (Fsp3) is 0.391. The Labute approximate surface area is 194 Å². The van der Waals surface area contributed by atoms with Crippen molar-refractivity contribution in [2.45, 2.75) is 6.42 Å². The monoisotopic (exact) mass is 478 g/mol. The van der Waals surface area contributed by atoms with Crippen LogP contribution in [0.3, 0.4) is 0 Å². The maximum Gasteiger partial charge on any atom is 0.345 e. The summed E-state index contributed by atoms with van der Waals surface area (Å²) in [4.78, 5) is 35.4. The first-order chi connectivity index (χ1) is 15.6. The zero-order valence-corrected chi connectivity index (χ0v) is 20.1. The van der Waals surface area contributed by atoms with E-state index in [4.69, 9.17) is 14.2 Å². The molecule has 0 spiro atoms. The van der Waals surface area contributed by atoms with Crippen LogP contribution in [0, 0.1) is 10.1 Å². The summed E-state index contributed by atoms with van der Waals surface area (Å²) in [6, 6.07) is 11.3. The normalized spacial score (nSPS) is 11.4. The van der Waals surface area contributed by atoms with Crippen LogP contribution in [0.25, 0.3) is 0 Å². The Morgan fingerprint density at radius 1 is 1.06 bits per heavy atom. The van der Waals surface area contributed by atoms with Crippen LogP contribution in [0.5, 0.6) is 11.5 Å². The molecule has 2 aromatic rings. The van der Waals surface area contributed by atoms with E-state index in [0.29, 0.717) is 24.3 Å². The summed E-state index contributed by atoms with van der Waals surface area (Å²) in [5, 5.41) is 14.3. The Hall–Kier alpha value is -3.27. The SMILES string of the molecule is COc1cc([N+](=O)[O-])c(C(=O)OCCS(C)(C)C)cc1OCCCNC(=O)c1ccccc1. The van der Waals surface area contributed by atoms with Crippen molar-refractivity contribution in [1.29, 1.82) is 0 Å². The van der Waals surface area contributed by atoms with E-state index in [9.17, 15) is 19.7 Å². The predicted molar refractivity (Wildman–Crippen MR) is 129 cm³/mol. The Bertz CT molecular complexity index is 975. The largest absolute Gasteiger partial charge is 0.493 e. The number of amides is 1. The third kappa shape index (κ3) is 8.30. The Balaban J connectivity index is 2.01. The van der Waals surface area contributed by atoms with Gasteiger partial charge in [-0.3, -0.25) is 14.9 Å². The molecule has 0 heterocycles. The fourth-order valence-corrected chi connectivity index (χ4v) is 3.33. The van der Waals surface area contributed by atoms with Crippen LogP contribution in [0.1, 0.15) is 27.1 Å². The summed E-state index contributed by atoms with van der Waals surface area (Å²) in [7, 11) is 0.483. The lowest BCUT2D eigenvalue weighted by atomic mass is 10.1. The van der Waals surface area contributed by atoms with Crippen LogP contribution < -0.4 is 14.8 Å². The van der Waals surface area contributed by atoms with Crippen LogP contribution >= 0.6 is 10.0 Å². The van der Waals surface area contributed by atoms with Crippen molar-refractivity contribution in [1.82, 2.24) is 5.32 Å². The number of esters is 1. The third-order valence-electron chi connectivity index (χ3n) is 4.53. The molecule has 0 saturated carbocycles. The van der Waals surface area contributed by atoms with Crippen molar-refractivity contribution in [2.75, 3.05) is 51.4 Å². The molecule has 0 saturated heterocycles. The van der Waals surface area contributed by atoms with Crippen LogP contribution in [0.4, 0.5) is 5.69 Å². The van der Waals surface area contributed by atoms with E-state index in [1.807, 2.05) is 6.07 Å². The predicted octanol–water partition coefficient (Wildman–Crippen LogP) is 3.65. The minimum Gasteiger partial charge on any atom is -0.493 e. The van der Waals surface area contributed by atoms with E-state index in [1.54, 1.807) is 24.3 Å². The minimum absolute atomic E-state index is 0.130. The van der Waals surface area contributed by atoms with E-state index in [1.165, 1.54) is 13.2 Å². The number of hydrogen-bond acceptors (Lipinski definition) is 7. The first-order valence-corrected chi connectivity index (χ1v) is 13.3. The molecular weight excluding hydrogens is 448 g/mol. The zero-order valence-electron chi connectivity index (χ0n) is 19.3. The van der Waals surface area contributed by atoms with Gasteiger partial charge in [0, 0.05) is 23.9 Å². The second-order valence-corrected chi connectivity index (χ2v) is 12.6. The van der Waals surface area contributed by atoms with Gasteiger partial charge >= 0.3 is 5.97 Å². The first kappa shape index (κ1) is 26.0. The lowest BCUT2D eigenvalue weighted by molar-refractivity contribution is -0.385. The first-order valence-electron chi connectivity index (χ1n) is 10.3. The van der Waals surface area contributed by atoms with E-state index < -0.39 is 26.6 Å². The fourth-order valence-electron chi connectivity index (χ4n) is 2.75. The molecule has 1 amide bonds. The molecule has 10 heteroatoms. The van der Waals surface area contributed by atoms with Crippen molar-refractivity contribution in [3.63, 3.8) is 0 Å². The van der Waals surface area contributed by atoms with Crippen molar-refractivity contribution in [3.8, 4) is 11.5 Å². The average molecular weight is 479 g/mol. The highest BCUT2D eigenvalue weighted by molar-refractivity contribution is 8.32. The quantitative estimate of drug-likeness (QED) is 0.214. The summed E-state index contributed by atoms with van der Waals surface area (Å²) in [5.74, 6) is 0.0380. The molecule has 0 unspecified atom stereocenters. The number of ether oxygens (including phenoxy) is 3. The highest BCUT2D eigenvalue weighted by Gasteiger charge is 2.26. The van der Waals surface area contributed by atoms with Gasteiger partial charge in [-0.05, 0) is 37.3 Å². The van der Waals surface area contributed by atoms with Gasteiger partial charge in [-0.2, -0.15) is 0 Å². The molecule has 180 valence electrons. The van der Waals surface area contributed by atoms with Crippen molar-refractivity contribution in [3.05, 3.63) is 63.7 Å². The van der Waals surface area contributed by atoms with Gasteiger partial charge in [-0.1, -0.05) is 18.2 Å². The molecule has 0 radical (unpaired) electrons. The second-order valence-electron chi connectivity index (χ2n) is 8.03. The second kappa shape index (κ2) is 12.1. The van der Waals surface area contributed by atoms with E-state index in [0.717, 1.165) is 6.07 Å². The van der Waals surface area contributed by atoms with Crippen LogP contribution in [0.2, 0.25) is 0 Å². The third-order valence-corrected chi connectivity index (χ3v) is 5.92. The molecule has 0 aromatic heterocycles. The van der Waals surface area contributed by atoms with E-state index in [2.05, 4.69) is 24.1 Å². The number of carbonyl (C=O) groups excluding carboxylic acids is 2. The topological polar surface area (TPSA) is 117 Å². The molecule has 0 aliphatic carbocycles. The number of nitrogens with zero attached hydrogens (tertiary/aromatic N) is 1. The van der Waals surface area contributed by atoms with Crippen LogP contribution in [0.15, 0.2) is 42.5 Å². The summed E-state index contributed by atoms with van der Waals surface area (Å²) >= 11 is 0. The molecule has 0 bridgehead atoms. The number of rotatable bonds is 12. The zero-order chi connectivity index (χ0) is 24.4. The summed E-state index contributed by atoms with van der Waals surface area (Å²) < 4.78 is 16.2. The molecule has 0 aliphatic heterocycles. The maximum atomic E-state index is 12.5. The van der Waals surface area contributed by atoms with Gasteiger partial charge in [0.1, 0.15) is 5.56 Å². The molecule has 1 N–H and O–H groups in total. The Morgan fingerprint density at radius 2 is 1.76 bits per heavy atom. The number of carbonyl (C=O) groups is 2. The molecule has 0 fully saturated rings. The summed E-state index contributed by atoms with van der Waals surface area (Å²) in [6.45, 7) is 0.746. The average Bonchev–Trinajstić information content (AvgIpc) is 2.77. The molecule has 2 rings (SSSR count). The number of nitro benzene ring substituents is 1. The summed E-state index contributed by atoms with van der Waals surface area (Å²) in [5.41, 5.74) is -0.0498. The number of nitrogens with one attached hydrogen (secondary N) is 1. The van der Waals surface area contributed by atoms with Gasteiger partial charge in [0.05, 0.1) is 31.3 Å². The van der Waals surface area contributed by atoms with Gasteiger partial charge in [-0.25, -0.2) is 14.8 Å². The van der Waals surface area contributed by atoms with E-state index in [-0.39, 0.29) is 36.2 Å². The Kier molecular flexibility index (Phi) is 9.53. The highest BCUT2D eigenvalue weighted by atomic mass is 32.3. The number of nitro groups is 1. The van der Waals surface area contributed by atoms with Crippen molar-refractivity contribution in [2.24, 2.45) is 0 Å². The molecule has 2 aromatic carbocycles. The highest BCUT2D eigenvalue weighted by Crippen LogP contribution is 2.36. The number of methoxy groups -OCH3 is 1. The van der Waals surface area contributed by atoms with Crippen LogP contribution in [-0.4, -0.2) is 68.2 Å². The van der Waals surface area contributed by atoms with Crippen molar-refractivity contribution < 1.29 is 28.7 Å². The van der Waals surface area contributed by atoms with Gasteiger partial charge in [0.15, 0.2) is 11.5 Å². The van der Waals surface area contributed by atoms with Gasteiger partial charge in [-0.15, -0.1) is 0 Å². The van der Waals surface area contributed by atoms with Crippen molar-refractivity contribution >= 4 is 27.6 Å². The lowest BCUT2D eigenvalue weighted by Gasteiger charge is -2.24. The number of hydrogen-bond donors (Lipinski definition) is 1. The molecule has 0 atom stereocenters. The molecular formula is C23H30N2O7S. The Morgan fingerprint density at radius 3 is 2.36 bits per heavy atom. The van der Waals surface area contributed by atoms with E-state index >= 15 is 0 Å². The van der Waals surface area contributed by atoms with Gasteiger partial charge < -0.3 is 19.5 Å². The van der Waals surface area contributed by atoms with Gasteiger partial charge in [0.2, 0.25) is 0 Å². The molecule has 33 heavy (non-hydrogen) atoms. The standard InChI is InChI=1S/C23H30N2O7S/c1-30-20-16-19(25(28)29)18(23(27)32-13-14-33(2,3)4)15-21(20)31-12-8-11-24-22(26)17-9-6-5-7-10-17/h5-7,9-10,15-16H,8,11-14H2,1-4H3,(H,24,26). The lowest BCUT2D eigenvalue weighted by Crippen LogP contribution is -2.25. The minimum atomic E-state index is -0.874.